The number of rotatable bonds is 4. The minimum Gasteiger partial charge on any atom is -0.352 e. The van der Waals surface area contributed by atoms with Crippen molar-refractivity contribution in [3.8, 4) is 0 Å². The number of hydrogen-bond acceptors (Lipinski definition) is 5. The van der Waals surface area contributed by atoms with E-state index in [0.29, 0.717) is 19.6 Å². The SMILES string of the molecule is CCS(=O)(=O)N=C(Nc1cccc(C(F)(F)F)c1)N1CCN(c2ncnc3[nH]cc(C)c23)C[C@@H]1C. The van der Waals surface area contributed by atoms with Crippen molar-refractivity contribution in [2.24, 2.45) is 4.40 Å². The van der Waals surface area contributed by atoms with Crippen LogP contribution in [0.5, 0.6) is 0 Å². The van der Waals surface area contributed by atoms with Gasteiger partial charge in [-0.1, -0.05) is 6.07 Å². The number of H-pyrrole nitrogens is 1. The van der Waals surface area contributed by atoms with E-state index in [0.717, 1.165) is 34.5 Å². The van der Waals surface area contributed by atoms with Gasteiger partial charge < -0.3 is 20.1 Å². The van der Waals surface area contributed by atoms with Crippen molar-refractivity contribution >= 4 is 38.5 Å². The molecule has 4 rings (SSSR count). The molecule has 1 aromatic carbocycles. The van der Waals surface area contributed by atoms with Gasteiger partial charge in [-0.05, 0) is 44.5 Å². The molecule has 1 aliphatic heterocycles. The number of hydrogen-bond donors (Lipinski definition) is 2. The van der Waals surface area contributed by atoms with Crippen LogP contribution in [-0.2, 0) is 16.2 Å². The first-order valence-electron chi connectivity index (χ1n) is 11.1. The van der Waals surface area contributed by atoms with E-state index in [1.807, 2.05) is 20.0 Å². The maximum absolute atomic E-state index is 13.2. The molecule has 0 unspecified atom stereocenters. The molecular weight excluding hydrogens is 483 g/mol. The van der Waals surface area contributed by atoms with Gasteiger partial charge >= 0.3 is 6.18 Å². The molecule has 188 valence electrons. The summed E-state index contributed by atoms with van der Waals surface area (Å²) in [6.45, 7) is 6.69. The molecular formula is C22H26F3N7O2S. The summed E-state index contributed by atoms with van der Waals surface area (Å²) in [5.74, 6) is 0.524. The Morgan fingerprint density at radius 2 is 2.06 bits per heavy atom. The number of nitrogens with one attached hydrogen (secondary N) is 2. The second-order valence-corrected chi connectivity index (χ2v) is 10.3. The van der Waals surface area contributed by atoms with Gasteiger partial charge in [0.15, 0.2) is 0 Å². The molecule has 13 heteroatoms. The Balaban J connectivity index is 1.62. The molecule has 3 heterocycles. The van der Waals surface area contributed by atoms with E-state index in [-0.39, 0.29) is 23.4 Å². The molecule has 9 nitrogen and oxygen atoms in total. The number of nitrogens with zero attached hydrogens (tertiary/aromatic N) is 5. The zero-order valence-corrected chi connectivity index (χ0v) is 20.3. The molecule has 1 aliphatic rings. The van der Waals surface area contributed by atoms with Gasteiger partial charge in [0, 0.05) is 37.6 Å². The number of fused-ring (bicyclic) bond motifs is 1. The highest BCUT2D eigenvalue weighted by molar-refractivity contribution is 7.90. The highest BCUT2D eigenvalue weighted by Crippen LogP contribution is 2.31. The monoisotopic (exact) mass is 509 g/mol. The zero-order valence-electron chi connectivity index (χ0n) is 19.5. The van der Waals surface area contributed by atoms with Gasteiger partial charge in [-0.2, -0.15) is 13.2 Å². The summed E-state index contributed by atoms with van der Waals surface area (Å²) >= 11 is 0. The molecule has 2 N–H and O–H groups in total. The van der Waals surface area contributed by atoms with Crippen LogP contribution in [0.1, 0.15) is 25.0 Å². The number of piperazine rings is 1. The van der Waals surface area contributed by atoms with E-state index in [2.05, 4.69) is 29.6 Å². The standard InChI is InChI=1S/C22H26F3N7O2S/c1-4-35(33,34)30-21(29-17-7-5-6-16(10-17)22(23,24)25)32-9-8-31(12-15(32)3)20-18-14(2)11-26-19(18)27-13-28-20/h5-7,10-11,13,15H,4,8-9,12H2,1-3H3,(H,29,30)(H,26,27,28)/t15-/m0/s1. The number of guanidine groups is 1. The fourth-order valence-electron chi connectivity index (χ4n) is 4.05. The largest absolute Gasteiger partial charge is 0.416 e. The first kappa shape index (κ1) is 24.8. The van der Waals surface area contributed by atoms with Crippen LogP contribution in [0.3, 0.4) is 0 Å². The zero-order chi connectivity index (χ0) is 25.4. The summed E-state index contributed by atoms with van der Waals surface area (Å²) in [4.78, 5) is 15.7. The molecule has 1 fully saturated rings. The number of aromatic nitrogens is 3. The van der Waals surface area contributed by atoms with Crippen LogP contribution in [0.15, 0.2) is 41.2 Å². The van der Waals surface area contributed by atoms with Crippen LogP contribution in [0.2, 0.25) is 0 Å². The molecule has 1 atom stereocenters. The first-order chi connectivity index (χ1) is 16.5. The van der Waals surface area contributed by atoms with Gasteiger partial charge in [0.05, 0.1) is 16.7 Å². The second kappa shape index (κ2) is 9.36. The van der Waals surface area contributed by atoms with E-state index in [9.17, 15) is 21.6 Å². The lowest BCUT2D eigenvalue weighted by Gasteiger charge is -2.42. The fraction of sp³-hybridized carbons (Fsp3) is 0.409. The lowest BCUT2D eigenvalue weighted by atomic mass is 10.1. The minimum atomic E-state index is -4.53. The topological polar surface area (TPSA) is 107 Å². The molecule has 1 saturated heterocycles. The highest BCUT2D eigenvalue weighted by atomic mass is 32.2. The maximum atomic E-state index is 13.2. The Morgan fingerprint density at radius 3 is 2.74 bits per heavy atom. The van der Waals surface area contributed by atoms with E-state index < -0.39 is 21.8 Å². The van der Waals surface area contributed by atoms with Gasteiger partial charge in [-0.25, -0.2) is 18.4 Å². The Morgan fingerprint density at radius 1 is 1.29 bits per heavy atom. The molecule has 0 radical (unpaired) electrons. The number of aromatic amines is 1. The predicted molar refractivity (Wildman–Crippen MR) is 129 cm³/mol. The quantitative estimate of drug-likeness (QED) is 0.409. The van der Waals surface area contributed by atoms with E-state index in [1.165, 1.54) is 25.4 Å². The van der Waals surface area contributed by atoms with Crippen LogP contribution >= 0.6 is 0 Å². The summed E-state index contributed by atoms with van der Waals surface area (Å²) < 4.78 is 68.2. The molecule has 0 spiro atoms. The van der Waals surface area contributed by atoms with Gasteiger partial charge in [-0.15, -0.1) is 4.40 Å². The lowest BCUT2D eigenvalue weighted by Crippen LogP contribution is -2.56. The number of alkyl halides is 3. The van der Waals surface area contributed by atoms with Gasteiger partial charge in [0.25, 0.3) is 10.0 Å². The van der Waals surface area contributed by atoms with Crippen molar-refractivity contribution < 1.29 is 21.6 Å². The van der Waals surface area contributed by atoms with Crippen molar-refractivity contribution in [2.45, 2.75) is 33.0 Å². The van der Waals surface area contributed by atoms with E-state index >= 15 is 0 Å². The van der Waals surface area contributed by atoms with Crippen molar-refractivity contribution in [3.05, 3.63) is 47.9 Å². The lowest BCUT2D eigenvalue weighted by molar-refractivity contribution is -0.137. The van der Waals surface area contributed by atoms with Crippen LogP contribution < -0.4 is 10.2 Å². The van der Waals surface area contributed by atoms with Crippen molar-refractivity contribution in [1.29, 1.82) is 0 Å². The van der Waals surface area contributed by atoms with Crippen LogP contribution in [0.25, 0.3) is 11.0 Å². The van der Waals surface area contributed by atoms with Gasteiger partial charge in [-0.3, -0.25) is 0 Å². The minimum absolute atomic E-state index is 0.0102. The molecule has 2 aromatic heterocycles. The van der Waals surface area contributed by atoms with Crippen molar-refractivity contribution in [2.75, 3.05) is 35.6 Å². The average Bonchev–Trinajstić information content (AvgIpc) is 3.19. The smallest absolute Gasteiger partial charge is 0.352 e. The second-order valence-electron chi connectivity index (χ2n) is 8.37. The van der Waals surface area contributed by atoms with Crippen LogP contribution in [-0.4, -0.2) is 65.7 Å². The third-order valence-corrected chi connectivity index (χ3v) is 7.06. The molecule has 0 saturated carbocycles. The summed E-state index contributed by atoms with van der Waals surface area (Å²) in [6.07, 6.45) is -1.18. The molecule has 0 aliphatic carbocycles. The van der Waals surface area contributed by atoms with Crippen LogP contribution in [0, 0.1) is 6.92 Å². The van der Waals surface area contributed by atoms with Crippen molar-refractivity contribution in [3.63, 3.8) is 0 Å². The Hall–Kier alpha value is -3.35. The van der Waals surface area contributed by atoms with E-state index in [4.69, 9.17) is 0 Å². The van der Waals surface area contributed by atoms with Gasteiger partial charge in [0.2, 0.25) is 5.96 Å². The summed E-state index contributed by atoms with van der Waals surface area (Å²) in [5.41, 5.74) is 0.992. The summed E-state index contributed by atoms with van der Waals surface area (Å²) in [6, 6.07) is 4.37. The third kappa shape index (κ3) is 5.34. The van der Waals surface area contributed by atoms with E-state index in [1.54, 1.807) is 4.90 Å². The summed E-state index contributed by atoms with van der Waals surface area (Å²) in [5, 5.41) is 3.73. The summed E-state index contributed by atoms with van der Waals surface area (Å²) in [7, 11) is -3.82. The number of halogens is 3. The molecule has 0 amide bonds. The van der Waals surface area contributed by atoms with Gasteiger partial charge in [0.1, 0.15) is 17.8 Å². The predicted octanol–water partition coefficient (Wildman–Crippen LogP) is 3.61. The maximum Gasteiger partial charge on any atom is 0.416 e. The highest BCUT2D eigenvalue weighted by Gasteiger charge is 2.32. The molecule has 0 bridgehead atoms. The third-order valence-electron chi connectivity index (χ3n) is 5.88. The molecule has 3 aromatic rings. The fourth-order valence-corrected chi connectivity index (χ4v) is 4.59. The van der Waals surface area contributed by atoms with Crippen molar-refractivity contribution in [1.82, 2.24) is 19.9 Å². The number of sulfonamides is 1. The Kier molecular flexibility index (Phi) is 6.62. The average molecular weight is 510 g/mol. The number of anilines is 2. The number of benzene rings is 1. The van der Waals surface area contributed by atoms with Crippen LogP contribution in [0.4, 0.5) is 24.7 Å². The normalized spacial score (nSPS) is 17.8. The molecule has 35 heavy (non-hydrogen) atoms. The first-order valence-corrected chi connectivity index (χ1v) is 12.7. The number of aryl methyl sites for hydroxylation is 1. The Bertz CT molecular complexity index is 1350. The Labute approximate surface area is 201 Å².